The van der Waals surface area contributed by atoms with E-state index in [1.54, 1.807) is 42.5 Å². The molecule has 34 heavy (non-hydrogen) atoms. The Hall–Kier alpha value is -4.01. The summed E-state index contributed by atoms with van der Waals surface area (Å²) >= 11 is 1.45. The van der Waals surface area contributed by atoms with Crippen LogP contribution in [0.1, 0.15) is 10.4 Å². The number of hydrogen-bond acceptors (Lipinski definition) is 5. The van der Waals surface area contributed by atoms with Gasteiger partial charge < -0.3 is 0 Å². The second-order valence-corrected chi connectivity index (χ2v) is 10.5. The predicted molar refractivity (Wildman–Crippen MR) is 136 cm³/mol. The van der Waals surface area contributed by atoms with Gasteiger partial charge in [-0.1, -0.05) is 65.9 Å². The first-order valence-corrected chi connectivity index (χ1v) is 12.8. The standard InChI is InChI=1S/C26H17N3O3S2/c30-25(17-12-14-18(15-13-17)29-34(31,32)19-8-2-1-3-9-19)28-26-27-23-20-10-4-6-16-7-5-11-21(22(16)20)24(23)33-26/h1-15,29H,(H,27,28,30). The molecule has 2 N–H and O–H groups in total. The number of anilines is 2. The van der Waals surface area contributed by atoms with Crippen LogP contribution >= 0.6 is 11.3 Å². The van der Waals surface area contributed by atoms with Gasteiger partial charge in [0.2, 0.25) is 0 Å². The largest absolute Gasteiger partial charge is 0.298 e. The van der Waals surface area contributed by atoms with Gasteiger partial charge in [-0.3, -0.25) is 14.8 Å². The van der Waals surface area contributed by atoms with Crippen molar-refractivity contribution in [1.82, 2.24) is 4.98 Å². The molecular formula is C26H17N3O3S2. The lowest BCUT2D eigenvalue weighted by molar-refractivity contribution is 0.102. The van der Waals surface area contributed by atoms with E-state index in [1.165, 1.54) is 34.2 Å². The summed E-state index contributed by atoms with van der Waals surface area (Å²) in [6, 6.07) is 26.8. The van der Waals surface area contributed by atoms with Gasteiger partial charge in [0.25, 0.3) is 15.9 Å². The first-order chi connectivity index (χ1) is 16.5. The highest BCUT2D eigenvalue weighted by Gasteiger charge is 2.26. The van der Waals surface area contributed by atoms with Gasteiger partial charge >= 0.3 is 0 Å². The van der Waals surface area contributed by atoms with Gasteiger partial charge in [0.1, 0.15) is 0 Å². The number of fused-ring (bicyclic) bond motifs is 3. The zero-order chi connectivity index (χ0) is 23.3. The minimum absolute atomic E-state index is 0.172. The minimum atomic E-state index is -3.69. The summed E-state index contributed by atoms with van der Waals surface area (Å²) in [5.41, 5.74) is 3.88. The Morgan fingerprint density at radius 1 is 0.794 bits per heavy atom. The zero-order valence-electron chi connectivity index (χ0n) is 17.6. The maximum Gasteiger partial charge on any atom is 0.261 e. The van der Waals surface area contributed by atoms with E-state index >= 15 is 0 Å². The van der Waals surface area contributed by atoms with Crippen molar-refractivity contribution in [1.29, 1.82) is 0 Å². The van der Waals surface area contributed by atoms with Crippen molar-refractivity contribution in [2.24, 2.45) is 0 Å². The fourth-order valence-corrected chi connectivity index (χ4v) is 6.22. The van der Waals surface area contributed by atoms with Crippen molar-refractivity contribution in [2.75, 3.05) is 10.0 Å². The molecule has 1 aliphatic carbocycles. The van der Waals surface area contributed by atoms with Crippen molar-refractivity contribution in [3.05, 3.63) is 96.6 Å². The zero-order valence-corrected chi connectivity index (χ0v) is 19.3. The predicted octanol–water partition coefficient (Wildman–Crippen LogP) is 6.00. The van der Waals surface area contributed by atoms with Crippen molar-refractivity contribution < 1.29 is 13.2 Å². The van der Waals surface area contributed by atoms with Crippen LogP contribution in [0.15, 0.2) is 95.9 Å². The van der Waals surface area contributed by atoms with Crippen LogP contribution in [0.2, 0.25) is 0 Å². The number of rotatable bonds is 5. The van der Waals surface area contributed by atoms with Crippen LogP contribution < -0.4 is 10.0 Å². The lowest BCUT2D eigenvalue weighted by atomic mass is 10.0. The van der Waals surface area contributed by atoms with E-state index in [2.05, 4.69) is 34.3 Å². The molecule has 8 heteroatoms. The number of carbonyl (C=O) groups excluding carboxylic acids is 1. The lowest BCUT2D eigenvalue weighted by Crippen LogP contribution is -2.14. The molecule has 166 valence electrons. The van der Waals surface area contributed by atoms with E-state index < -0.39 is 10.0 Å². The van der Waals surface area contributed by atoms with E-state index in [1.807, 2.05) is 12.1 Å². The van der Waals surface area contributed by atoms with Crippen LogP contribution in [-0.4, -0.2) is 19.3 Å². The summed E-state index contributed by atoms with van der Waals surface area (Å²) < 4.78 is 27.5. The highest BCUT2D eigenvalue weighted by atomic mass is 32.2. The van der Waals surface area contributed by atoms with E-state index in [0.29, 0.717) is 16.4 Å². The first kappa shape index (κ1) is 20.6. The van der Waals surface area contributed by atoms with Gasteiger partial charge in [0.15, 0.2) is 5.13 Å². The molecule has 5 aromatic rings. The summed E-state index contributed by atoms with van der Waals surface area (Å²) in [5, 5.41) is 5.77. The molecular weight excluding hydrogens is 466 g/mol. The van der Waals surface area contributed by atoms with Crippen molar-refractivity contribution in [2.45, 2.75) is 4.90 Å². The van der Waals surface area contributed by atoms with Crippen LogP contribution in [0.25, 0.3) is 32.5 Å². The number of nitrogens with one attached hydrogen (secondary N) is 2. The van der Waals surface area contributed by atoms with Gasteiger partial charge in [-0.2, -0.15) is 0 Å². The Morgan fingerprint density at radius 3 is 2.24 bits per heavy atom. The first-order valence-electron chi connectivity index (χ1n) is 10.5. The third-order valence-corrected chi connectivity index (χ3v) is 8.11. The number of carbonyl (C=O) groups is 1. The van der Waals surface area contributed by atoms with Gasteiger partial charge in [-0.05, 0) is 47.2 Å². The Balaban J connectivity index is 1.20. The Morgan fingerprint density at radius 2 is 1.50 bits per heavy atom. The molecule has 6 nitrogen and oxygen atoms in total. The van der Waals surface area contributed by atoms with Crippen LogP contribution in [0.4, 0.5) is 10.8 Å². The van der Waals surface area contributed by atoms with E-state index in [-0.39, 0.29) is 10.8 Å². The fourth-order valence-electron chi connectivity index (χ4n) is 4.14. The minimum Gasteiger partial charge on any atom is -0.298 e. The maximum absolute atomic E-state index is 12.8. The molecule has 6 rings (SSSR count). The Kier molecular flexibility index (Phi) is 4.72. The molecule has 0 atom stereocenters. The van der Waals surface area contributed by atoms with Crippen LogP contribution in [0.3, 0.4) is 0 Å². The quantitative estimate of drug-likeness (QED) is 0.315. The average Bonchev–Trinajstić information content (AvgIpc) is 3.39. The number of benzene rings is 4. The molecule has 1 heterocycles. The molecule has 1 aliphatic rings. The average molecular weight is 484 g/mol. The highest BCUT2D eigenvalue weighted by Crippen LogP contribution is 2.50. The monoisotopic (exact) mass is 483 g/mol. The fraction of sp³-hybridized carbons (Fsp3) is 0. The highest BCUT2D eigenvalue weighted by molar-refractivity contribution is 7.92. The number of aromatic nitrogens is 1. The SMILES string of the molecule is O=C(Nc1nc2c(s1)-c1cccc3cccc-2c13)c1ccc(NS(=O)(=O)c2ccccc2)cc1. The van der Waals surface area contributed by atoms with Crippen molar-refractivity contribution in [3.63, 3.8) is 0 Å². The molecule has 0 saturated carbocycles. The molecule has 1 amide bonds. The molecule has 0 saturated heterocycles. The summed E-state index contributed by atoms with van der Waals surface area (Å²) in [7, 11) is -3.69. The lowest BCUT2D eigenvalue weighted by Gasteiger charge is -2.09. The van der Waals surface area contributed by atoms with Crippen molar-refractivity contribution >= 4 is 48.9 Å². The van der Waals surface area contributed by atoms with Gasteiger partial charge in [0.05, 0.1) is 15.5 Å². The van der Waals surface area contributed by atoms with Crippen LogP contribution in [-0.2, 0) is 10.0 Å². The summed E-state index contributed by atoms with van der Waals surface area (Å²) in [5.74, 6) is -0.309. The van der Waals surface area contributed by atoms with Gasteiger partial charge in [-0.15, -0.1) is 0 Å². The second-order valence-electron chi connectivity index (χ2n) is 7.86. The number of amides is 1. The summed E-state index contributed by atoms with van der Waals surface area (Å²) in [6.45, 7) is 0. The molecule has 4 aromatic carbocycles. The Bertz CT molecular complexity index is 1620. The molecule has 0 bridgehead atoms. The maximum atomic E-state index is 12.8. The number of thiazole rings is 1. The third kappa shape index (κ3) is 3.44. The van der Waals surface area contributed by atoms with Gasteiger partial charge in [-0.25, -0.2) is 13.4 Å². The summed E-state index contributed by atoms with van der Waals surface area (Å²) in [6.07, 6.45) is 0. The molecule has 1 aromatic heterocycles. The smallest absolute Gasteiger partial charge is 0.261 e. The number of hydrogen-bond donors (Lipinski definition) is 2. The van der Waals surface area contributed by atoms with Gasteiger partial charge in [0, 0.05) is 22.4 Å². The Labute approximate surface area is 200 Å². The van der Waals surface area contributed by atoms with Crippen molar-refractivity contribution in [3.8, 4) is 21.7 Å². The second kappa shape index (κ2) is 7.79. The molecule has 0 unspecified atom stereocenters. The third-order valence-electron chi connectivity index (χ3n) is 5.70. The molecule has 0 fully saturated rings. The molecule has 0 aliphatic heterocycles. The normalized spacial score (nSPS) is 11.9. The van der Waals surface area contributed by atoms with Crippen LogP contribution in [0.5, 0.6) is 0 Å². The van der Waals surface area contributed by atoms with E-state index in [0.717, 1.165) is 21.7 Å². The molecule has 0 spiro atoms. The van der Waals surface area contributed by atoms with Crippen LogP contribution in [0, 0.1) is 0 Å². The number of nitrogens with zero attached hydrogens (tertiary/aromatic N) is 1. The molecule has 0 radical (unpaired) electrons. The number of sulfonamides is 1. The van der Waals surface area contributed by atoms with E-state index in [9.17, 15) is 13.2 Å². The van der Waals surface area contributed by atoms with E-state index in [4.69, 9.17) is 4.98 Å². The summed E-state index contributed by atoms with van der Waals surface area (Å²) in [4.78, 5) is 18.7. The topological polar surface area (TPSA) is 88.2 Å².